The first-order valence-corrected chi connectivity index (χ1v) is 5.46. The minimum absolute atomic E-state index is 0.0213. The lowest BCUT2D eigenvalue weighted by Crippen LogP contribution is -2.12. The van der Waals surface area contributed by atoms with Crippen LogP contribution < -0.4 is 0 Å². The fourth-order valence-electron chi connectivity index (χ4n) is 1.81. The molecule has 0 radical (unpaired) electrons. The summed E-state index contributed by atoms with van der Waals surface area (Å²) in [6.45, 7) is 0. The number of aliphatic carboxylic acids is 1. The Morgan fingerprint density at radius 1 is 1.05 bits per heavy atom. The van der Waals surface area contributed by atoms with Gasteiger partial charge in [-0.2, -0.15) is 0 Å². The number of carboxylic acid groups (broad SMARTS) is 1. The van der Waals surface area contributed by atoms with Crippen LogP contribution >= 0.6 is 0 Å². The topological polar surface area (TPSA) is 57.5 Å². The third-order valence-electron chi connectivity index (χ3n) is 2.71. The monoisotopic (exact) mass is 264 g/mol. The quantitative estimate of drug-likeness (QED) is 0.896. The van der Waals surface area contributed by atoms with E-state index in [-0.39, 0.29) is 16.7 Å². The zero-order chi connectivity index (χ0) is 14.0. The predicted molar refractivity (Wildman–Crippen MR) is 64.4 cm³/mol. The summed E-state index contributed by atoms with van der Waals surface area (Å²) < 4.78 is 27.0. The van der Waals surface area contributed by atoms with Crippen molar-refractivity contribution in [2.75, 3.05) is 0 Å². The average Bonchev–Trinajstić information content (AvgIpc) is 2.38. The van der Waals surface area contributed by atoms with Crippen molar-refractivity contribution in [2.24, 2.45) is 0 Å². The Hall–Kier alpha value is -2.27. The molecule has 3 nitrogen and oxygen atoms in total. The molecule has 1 unspecified atom stereocenters. The number of carbonyl (C=O) groups is 1. The maximum Gasteiger partial charge on any atom is 0.337 e. The van der Waals surface area contributed by atoms with Crippen LogP contribution in [-0.2, 0) is 4.79 Å². The van der Waals surface area contributed by atoms with Gasteiger partial charge in [-0.1, -0.05) is 24.3 Å². The standard InChI is InChI=1S/C14H10F2O3/c15-8-5-6-10(13(17)14(18)19)11(7-8)9-3-1-2-4-12(9)16/h1-7,13,17H,(H,18,19). The van der Waals surface area contributed by atoms with Crippen molar-refractivity contribution in [3.8, 4) is 11.1 Å². The molecule has 0 aliphatic carbocycles. The molecule has 0 saturated heterocycles. The Kier molecular flexibility index (Phi) is 3.57. The summed E-state index contributed by atoms with van der Waals surface area (Å²) in [6, 6.07) is 8.73. The van der Waals surface area contributed by atoms with Crippen molar-refractivity contribution in [1.29, 1.82) is 0 Å². The molecule has 98 valence electrons. The zero-order valence-corrected chi connectivity index (χ0v) is 9.68. The fraction of sp³-hybridized carbons (Fsp3) is 0.0714. The van der Waals surface area contributed by atoms with Gasteiger partial charge in [-0.15, -0.1) is 0 Å². The van der Waals surface area contributed by atoms with Gasteiger partial charge in [-0.3, -0.25) is 0 Å². The fourth-order valence-corrected chi connectivity index (χ4v) is 1.81. The molecule has 2 aromatic carbocycles. The molecule has 2 rings (SSSR count). The van der Waals surface area contributed by atoms with E-state index in [0.717, 1.165) is 18.2 Å². The molecule has 1 atom stereocenters. The van der Waals surface area contributed by atoms with E-state index >= 15 is 0 Å². The number of aliphatic hydroxyl groups is 1. The van der Waals surface area contributed by atoms with Crippen LogP contribution in [0.1, 0.15) is 11.7 Å². The lowest BCUT2D eigenvalue weighted by molar-refractivity contribution is -0.146. The summed E-state index contributed by atoms with van der Waals surface area (Å²) in [7, 11) is 0. The second-order valence-corrected chi connectivity index (χ2v) is 3.95. The zero-order valence-electron chi connectivity index (χ0n) is 9.68. The normalized spacial score (nSPS) is 12.2. The second kappa shape index (κ2) is 5.16. The maximum atomic E-state index is 13.7. The number of hydrogen-bond acceptors (Lipinski definition) is 2. The van der Waals surface area contributed by atoms with E-state index < -0.39 is 23.7 Å². The van der Waals surface area contributed by atoms with E-state index in [0.29, 0.717) is 0 Å². The minimum atomic E-state index is -1.84. The smallest absolute Gasteiger partial charge is 0.337 e. The number of carboxylic acids is 1. The van der Waals surface area contributed by atoms with Crippen LogP contribution in [0, 0.1) is 11.6 Å². The summed E-state index contributed by atoms with van der Waals surface area (Å²) in [5, 5.41) is 18.4. The summed E-state index contributed by atoms with van der Waals surface area (Å²) in [5.74, 6) is -2.74. The highest BCUT2D eigenvalue weighted by Crippen LogP contribution is 2.31. The van der Waals surface area contributed by atoms with Gasteiger partial charge >= 0.3 is 5.97 Å². The van der Waals surface area contributed by atoms with E-state index in [1.807, 2.05) is 0 Å². The number of halogens is 2. The second-order valence-electron chi connectivity index (χ2n) is 3.95. The van der Waals surface area contributed by atoms with Crippen LogP contribution in [0.25, 0.3) is 11.1 Å². The van der Waals surface area contributed by atoms with Gasteiger partial charge in [0.25, 0.3) is 0 Å². The SMILES string of the molecule is O=C(O)C(O)c1ccc(F)cc1-c1ccccc1F. The van der Waals surface area contributed by atoms with Crippen molar-refractivity contribution in [2.45, 2.75) is 6.10 Å². The summed E-state index contributed by atoms with van der Waals surface area (Å²) >= 11 is 0. The molecule has 0 aromatic heterocycles. The van der Waals surface area contributed by atoms with Gasteiger partial charge in [0.15, 0.2) is 6.10 Å². The predicted octanol–water partition coefficient (Wildman–Crippen LogP) is 2.75. The van der Waals surface area contributed by atoms with E-state index in [4.69, 9.17) is 5.11 Å². The van der Waals surface area contributed by atoms with Crippen molar-refractivity contribution >= 4 is 5.97 Å². The van der Waals surface area contributed by atoms with E-state index in [9.17, 15) is 18.7 Å². The van der Waals surface area contributed by atoms with E-state index in [2.05, 4.69) is 0 Å². The lowest BCUT2D eigenvalue weighted by Gasteiger charge is -2.13. The molecule has 0 bridgehead atoms. The Morgan fingerprint density at radius 3 is 2.37 bits per heavy atom. The summed E-state index contributed by atoms with van der Waals surface area (Å²) in [4.78, 5) is 10.8. The van der Waals surface area contributed by atoms with Gasteiger partial charge in [0.1, 0.15) is 11.6 Å². The van der Waals surface area contributed by atoms with Crippen molar-refractivity contribution in [3.63, 3.8) is 0 Å². The molecule has 5 heteroatoms. The molecule has 2 N–H and O–H groups in total. The van der Waals surface area contributed by atoms with Gasteiger partial charge in [0, 0.05) is 5.56 Å². The Labute approximate surface area is 107 Å². The number of rotatable bonds is 3. The van der Waals surface area contributed by atoms with Crippen molar-refractivity contribution in [3.05, 3.63) is 59.7 Å². The number of aliphatic hydroxyl groups excluding tert-OH is 1. The van der Waals surface area contributed by atoms with Crippen molar-refractivity contribution < 1.29 is 23.8 Å². The molecular formula is C14H10F2O3. The molecule has 0 heterocycles. The van der Waals surface area contributed by atoms with Gasteiger partial charge < -0.3 is 10.2 Å². The van der Waals surface area contributed by atoms with Crippen LogP contribution in [0.5, 0.6) is 0 Å². The maximum absolute atomic E-state index is 13.7. The Bertz CT molecular complexity index is 626. The van der Waals surface area contributed by atoms with Gasteiger partial charge in [-0.25, -0.2) is 13.6 Å². The molecule has 0 fully saturated rings. The molecule has 0 spiro atoms. The summed E-state index contributed by atoms with van der Waals surface area (Å²) in [5.41, 5.74) is 0.00398. The molecule has 19 heavy (non-hydrogen) atoms. The van der Waals surface area contributed by atoms with Gasteiger partial charge in [-0.05, 0) is 29.3 Å². The Morgan fingerprint density at radius 2 is 1.74 bits per heavy atom. The highest BCUT2D eigenvalue weighted by Gasteiger charge is 2.21. The van der Waals surface area contributed by atoms with E-state index in [1.54, 1.807) is 6.07 Å². The first-order chi connectivity index (χ1) is 9.00. The first kappa shape index (κ1) is 13.2. The third-order valence-corrected chi connectivity index (χ3v) is 2.71. The number of hydrogen-bond donors (Lipinski definition) is 2. The third kappa shape index (κ3) is 2.61. The van der Waals surface area contributed by atoms with Crippen LogP contribution in [0.3, 0.4) is 0 Å². The average molecular weight is 264 g/mol. The number of benzene rings is 2. The van der Waals surface area contributed by atoms with E-state index in [1.165, 1.54) is 18.2 Å². The molecule has 0 saturated carbocycles. The molecule has 0 aliphatic heterocycles. The lowest BCUT2D eigenvalue weighted by atomic mass is 9.95. The summed E-state index contributed by atoms with van der Waals surface area (Å²) in [6.07, 6.45) is -1.84. The first-order valence-electron chi connectivity index (χ1n) is 5.46. The minimum Gasteiger partial charge on any atom is -0.479 e. The van der Waals surface area contributed by atoms with Gasteiger partial charge in [0.2, 0.25) is 0 Å². The van der Waals surface area contributed by atoms with Crippen molar-refractivity contribution in [1.82, 2.24) is 0 Å². The largest absolute Gasteiger partial charge is 0.479 e. The Balaban J connectivity index is 2.65. The van der Waals surface area contributed by atoms with Crippen LogP contribution in [0.4, 0.5) is 8.78 Å². The van der Waals surface area contributed by atoms with Crippen LogP contribution in [0.15, 0.2) is 42.5 Å². The molecule has 0 amide bonds. The molecule has 2 aromatic rings. The highest BCUT2D eigenvalue weighted by atomic mass is 19.1. The van der Waals surface area contributed by atoms with Crippen LogP contribution in [-0.4, -0.2) is 16.2 Å². The molecular weight excluding hydrogens is 254 g/mol. The highest BCUT2D eigenvalue weighted by molar-refractivity contribution is 5.79. The van der Waals surface area contributed by atoms with Gasteiger partial charge in [0.05, 0.1) is 0 Å². The van der Waals surface area contributed by atoms with Crippen LogP contribution in [0.2, 0.25) is 0 Å². The molecule has 0 aliphatic rings.